The first-order chi connectivity index (χ1) is 9.46. The fraction of sp³-hybridized carbons (Fsp3) is 0.583. The summed E-state index contributed by atoms with van der Waals surface area (Å²) in [4.78, 5) is 8.16. The van der Waals surface area contributed by atoms with Crippen LogP contribution in [0.5, 0.6) is 0 Å². The molecule has 1 saturated heterocycles. The van der Waals surface area contributed by atoms with Gasteiger partial charge in [-0.2, -0.15) is 5.10 Å². The predicted octanol–water partition coefficient (Wildman–Crippen LogP) is -0.0460. The van der Waals surface area contributed by atoms with Gasteiger partial charge in [0.05, 0.1) is 24.2 Å². The minimum atomic E-state index is -2.04. The molecule has 0 amide bonds. The summed E-state index contributed by atoms with van der Waals surface area (Å²) in [6.07, 6.45) is -0.641. The predicted molar refractivity (Wildman–Crippen MR) is 65.7 cm³/mol. The minimum absolute atomic E-state index is 0.380. The van der Waals surface area contributed by atoms with E-state index in [1.54, 1.807) is 6.92 Å². The van der Waals surface area contributed by atoms with E-state index >= 15 is 0 Å². The summed E-state index contributed by atoms with van der Waals surface area (Å²) >= 11 is 0. The van der Waals surface area contributed by atoms with Gasteiger partial charge in [0.25, 0.3) is 0 Å². The van der Waals surface area contributed by atoms with Crippen LogP contribution in [0, 0.1) is 6.92 Å². The van der Waals surface area contributed by atoms with Crippen LogP contribution in [0.15, 0.2) is 12.5 Å². The molecule has 1 aliphatic heterocycles. The molecule has 0 aliphatic carbocycles. The summed E-state index contributed by atoms with van der Waals surface area (Å²) in [5.74, 6) is 0. The van der Waals surface area contributed by atoms with Crippen molar-refractivity contribution in [2.75, 3.05) is 6.61 Å². The molecule has 4 atom stereocenters. The van der Waals surface area contributed by atoms with Gasteiger partial charge in [-0.1, -0.05) is 0 Å². The molecule has 2 N–H and O–H groups in total. The maximum atomic E-state index is 14.7. The smallest absolute Gasteiger partial charge is 0.175 e. The van der Waals surface area contributed by atoms with E-state index in [9.17, 15) is 9.50 Å². The van der Waals surface area contributed by atoms with E-state index < -0.39 is 30.6 Å². The van der Waals surface area contributed by atoms with Crippen LogP contribution in [0.25, 0.3) is 5.65 Å². The fourth-order valence-corrected chi connectivity index (χ4v) is 2.53. The van der Waals surface area contributed by atoms with Gasteiger partial charge in [0, 0.05) is 0 Å². The van der Waals surface area contributed by atoms with Gasteiger partial charge in [-0.3, -0.25) is 0 Å². The molecule has 2 aromatic heterocycles. The Morgan fingerprint density at radius 2 is 2.25 bits per heavy atom. The first-order valence-corrected chi connectivity index (χ1v) is 6.25. The number of rotatable bonds is 2. The standard InChI is InChI=1S/C12H15FN4O3/c1-6-11-14-3-7(17(11)16-5-15-6)10-12(2,13)9(19)8(4-18)20-10/h3,5,8-10,18-19H,4H2,1-2H3/t8-,9-,10+,12-/m1/s1. The molecule has 1 aliphatic rings. The zero-order valence-corrected chi connectivity index (χ0v) is 11.1. The van der Waals surface area contributed by atoms with Crippen molar-refractivity contribution in [1.82, 2.24) is 19.6 Å². The summed E-state index contributed by atoms with van der Waals surface area (Å²) < 4.78 is 21.6. The number of aryl methyl sites for hydroxylation is 1. The molecule has 0 bridgehead atoms. The average molecular weight is 282 g/mol. The number of ether oxygens (including phenoxy) is 1. The molecule has 0 spiro atoms. The molecule has 0 radical (unpaired) electrons. The zero-order valence-electron chi connectivity index (χ0n) is 11.1. The Bertz CT molecular complexity index is 645. The van der Waals surface area contributed by atoms with Crippen molar-refractivity contribution in [1.29, 1.82) is 0 Å². The molecule has 8 heteroatoms. The second-order valence-electron chi connectivity index (χ2n) is 5.10. The lowest BCUT2D eigenvalue weighted by Crippen LogP contribution is -2.39. The third-order valence-corrected chi connectivity index (χ3v) is 3.71. The van der Waals surface area contributed by atoms with E-state index in [0.717, 1.165) is 0 Å². The molecule has 1 fully saturated rings. The number of nitrogens with zero attached hydrogens (tertiary/aromatic N) is 4. The fourth-order valence-electron chi connectivity index (χ4n) is 2.53. The van der Waals surface area contributed by atoms with Crippen molar-refractivity contribution in [2.45, 2.75) is 37.8 Å². The Hall–Kier alpha value is -1.64. The number of aliphatic hydroxyl groups excluding tert-OH is 2. The molecule has 0 aromatic carbocycles. The van der Waals surface area contributed by atoms with Gasteiger partial charge < -0.3 is 14.9 Å². The molecule has 3 rings (SSSR count). The van der Waals surface area contributed by atoms with Crippen molar-refractivity contribution in [3.8, 4) is 0 Å². The van der Waals surface area contributed by atoms with Gasteiger partial charge in [0.2, 0.25) is 0 Å². The molecule has 0 unspecified atom stereocenters. The van der Waals surface area contributed by atoms with Crippen LogP contribution in [-0.4, -0.2) is 54.3 Å². The highest BCUT2D eigenvalue weighted by Crippen LogP contribution is 2.44. The number of alkyl halides is 1. The number of hydrogen-bond donors (Lipinski definition) is 2. The summed E-state index contributed by atoms with van der Waals surface area (Å²) in [7, 11) is 0. The van der Waals surface area contributed by atoms with Crippen LogP contribution in [0.4, 0.5) is 4.39 Å². The summed E-state index contributed by atoms with van der Waals surface area (Å²) in [5.41, 5.74) is -0.499. The number of imidazole rings is 1. The first kappa shape index (κ1) is 13.3. The Kier molecular flexibility index (Phi) is 2.96. The average Bonchev–Trinajstić information content (AvgIpc) is 2.92. The van der Waals surface area contributed by atoms with Crippen molar-refractivity contribution in [3.63, 3.8) is 0 Å². The molecule has 2 aromatic rings. The van der Waals surface area contributed by atoms with Crippen molar-refractivity contribution in [3.05, 3.63) is 23.9 Å². The second-order valence-corrected chi connectivity index (χ2v) is 5.10. The summed E-state index contributed by atoms with van der Waals surface area (Å²) in [5, 5.41) is 23.1. The molecule has 0 saturated carbocycles. The van der Waals surface area contributed by atoms with Crippen LogP contribution in [0.3, 0.4) is 0 Å². The largest absolute Gasteiger partial charge is 0.394 e. The maximum Gasteiger partial charge on any atom is 0.175 e. The van der Waals surface area contributed by atoms with Gasteiger partial charge in [-0.15, -0.1) is 0 Å². The van der Waals surface area contributed by atoms with Crippen molar-refractivity contribution in [2.24, 2.45) is 0 Å². The van der Waals surface area contributed by atoms with Crippen LogP contribution < -0.4 is 0 Å². The van der Waals surface area contributed by atoms with Crippen LogP contribution in [0.1, 0.15) is 24.4 Å². The third kappa shape index (κ3) is 1.72. The number of hydrogen-bond acceptors (Lipinski definition) is 6. The van der Waals surface area contributed by atoms with Gasteiger partial charge in [0.15, 0.2) is 11.3 Å². The van der Waals surface area contributed by atoms with Crippen molar-refractivity contribution < 1.29 is 19.3 Å². The van der Waals surface area contributed by atoms with Crippen LogP contribution in [0.2, 0.25) is 0 Å². The Balaban J connectivity index is 2.10. The lowest BCUT2D eigenvalue weighted by molar-refractivity contribution is -0.0248. The first-order valence-electron chi connectivity index (χ1n) is 6.25. The van der Waals surface area contributed by atoms with Gasteiger partial charge in [-0.05, 0) is 13.8 Å². The lowest BCUT2D eigenvalue weighted by Gasteiger charge is -2.23. The van der Waals surface area contributed by atoms with E-state index in [-0.39, 0.29) is 0 Å². The number of aromatic nitrogens is 4. The highest BCUT2D eigenvalue weighted by atomic mass is 19.1. The Labute approximate surface area is 114 Å². The normalized spacial score (nSPS) is 34.0. The van der Waals surface area contributed by atoms with Gasteiger partial charge in [0.1, 0.15) is 24.6 Å². The second kappa shape index (κ2) is 4.44. The van der Waals surface area contributed by atoms with E-state index in [0.29, 0.717) is 17.0 Å². The molecular formula is C12H15FN4O3. The number of halogens is 1. The van der Waals surface area contributed by atoms with E-state index in [2.05, 4.69) is 15.1 Å². The van der Waals surface area contributed by atoms with E-state index in [1.807, 2.05) is 0 Å². The Morgan fingerprint density at radius 1 is 1.50 bits per heavy atom. The molecule has 3 heterocycles. The highest BCUT2D eigenvalue weighted by molar-refractivity contribution is 5.43. The number of fused-ring (bicyclic) bond motifs is 1. The highest BCUT2D eigenvalue weighted by Gasteiger charge is 2.55. The quantitative estimate of drug-likeness (QED) is 0.802. The van der Waals surface area contributed by atoms with E-state index in [1.165, 1.54) is 24.0 Å². The summed E-state index contributed by atoms with van der Waals surface area (Å²) in [6, 6.07) is 0. The lowest BCUT2D eigenvalue weighted by atomic mass is 9.93. The topological polar surface area (TPSA) is 92.8 Å². The number of aliphatic hydroxyl groups is 2. The van der Waals surface area contributed by atoms with Crippen LogP contribution in [-0.2, 0) is 4.74 Å². The summed E-state index contributed by atoms with van der Waals surface area (Å²) in [6.45, 7) is 2.55. The van der Waals surface area contributed by atoms with E-state index in [4.69, 9.17) is 9.84 Å². The zero-order chi connectivity index (χ0) is 14.5. The van der Waals surface area contributed by atoms with Crippen molar-refractivity contribution >= 4 is 5.65 Å². The monoisotopic (exact) mass is 282 g/mol. The Morgan fingerprint density at radius 3 is 2.90 bits per heavy atom. The molecular weight excluding hydrogens is 267 g/mol. The minimum Gasteiger partial charge on any atom is -0.394 e. The van der Waals surface area contributed by atoms with Gasteiger partial charge in [-0.25, -0.2) is 18.9 Å². The SMILES string of the molecule is Cc1ncnn2c([C@@H]3O[C@H](CO)[C@@H](O)[C@@]3(C)F)cnc12. The third-order valence-electron chi connectivity index (χ3n) is 3.71. The molecule has 108 valence electrons. The molecule has 20 heavy (non-hydrogen) atoms. The van der Waals surface area contributed by atoms with Gasteiger partial charge >= 0.3 is 0 Å². The van der Waals surface area contributed by atoms with Crippen LogP contribution >= 0.6 is 0 Å². The maximum absolute atomic E-state index is 14.7. The molecule has 7 nitrogen and oxygen atoms in total.